The number of benzene rings is 3. The lowest BCUT2D eigenvalue weighted by molar-refractivity contribution is -0.137. The van der Waals surface area contributed by atoms with Crippen molar-refractivity contribution in [2.24, 2.45) is 0 Å². The smallest absolute Gasteiger partial charge is 0.233 e. The van der Waals surface area contributed by atoms with Crippen molar-refractivity contribution in [2.75, 3.05) is 13.1 Å². The third-order valence-electron chi connectivity index (χ3n) is 10.8. The predicted octanol–water partition coefficient (Wildman–Crippen LogP) is 8.76. The zero-order valence-electron chi connectivity index (χ0n) is 28.1. The van der Waals surface area contributed by atoms with Crippen LogP contribution in [0.1, 0.15) is 86.6 Å². The van der Waals surface area contributed by atoms with E-state index in [0.717, 1.165) is 68.2 Å². The molecule has 0 spiro atoms. The number of H-pyrrole nitrogens is 1. The van der Waals surface area contributed by atoms with Crippen molar-refractivity contribution >= 4 is 27.7 Å². The predicted molar refractivity (Wildman–Crippen MR) is 190 cm³/mol. The minimum absolute atomic E-state index is 0.273. The van der Waals surface area contributed by atoms with Crippen LogP contribution < -0.4 is 5.32 Å². The lowest BCUT2D eigenvalue weighted by Gasteiger charge is -2.33. The zero-order valence-corrected chi connectivity index (χ0v) is 28.1. The van der Waals surface area contributed by atoms with Gasteiger partial charge in [-0.2, -0.15) is 0 Å². The van der Waals surface area contributed by atoms with Gasteiger partial charge in [-0.1, -0.05) is 48.4 Å². The lowest BCUT2D eigenvalue weighted by atomic mass is 9.81. The molecule has 2 aliphatic heterocycles. The van der Waals surface area contributed by atoms with E-state index in [1.165, 1.54) is 44.3 Å². The number of aromatic nitrogens is 2. The van der Waals surface area contributed by atoms with Gasteiger partial charge in [0.15, 0.2) is 0 Å². The van der Waals surface area contributed by atoms with Crippen molar-refractivity contribution in [3.8, 4) is 11.3 Å². The molecule has 5 aromatic rings. The van der Waals surface area contributed by atoms with Crippen LogP contribution in [0, 0.1) is 13.8 Å². The van der Waals surface area contributed by atoms with E-state index < -0.39 is 5.41 Å². The van der Waals surface area contributed by atoms with Gasteiger partial charge in [0.25, 0.3) is 0 Å². The molecule has 0 radical (unpaired) electrons. The molecule has 2 fully saturated rings. The number of pyridine rings is 1. The first kappa shape index (κ1) is 30.7. The Labute approximate surface area is 273 Å². The average Bonchev–Trinajstić information content (AvgIpc) is 3.76. The molecule has 4 heterocycles. The maximum Gasteiger partial charge on any atom is 0.233 e. The number of carbonyl (C=O) groups excluding carboxylic acids is 1. The minimum Gasteiger partial charge on any atom is -0.354 e. The van der Waals surface area contributed by atoms with Crippen LogP contribution in [-0.2, 0) is 16.6 Å². The average molecular weight is 613 g/mol. The molecule has 0 unspecified atom stereocenters. The van der Waals surface area contributed by atoms with Crippen molar-refractivity contribution in [2.45, 2.75) is 96.6 Å². The Balaban J connectivity index is 1.15. The molecule has 2 saturated heterocycles. The topological polar surface area (TPSA) is 61.0 Å². The molecule has 0 aliphatic carbocycles. The molecule has 2 aromatic heterocycles. The third-order valence-corrected chi connectivity index (χ3v) is 10.8. The fraction of sp³-hybridized carbons (Fsp3) is 0.415. The van der Waals surface area contributed by atoms with Crippen LogP contribution in [0.5, 0.6) is 0 Å². The molecule has 5 heteroatoms. The summed E-state index contributed by atoms with van der Waals surface area (Å²) in [6.45, 7) is 12.8. The first-order valence-electron chi connectivity index (χ1n) is 17.3. The number of fused-ring (bicyclic) bond motifs is 4. The lowest BCUT2D eigenvalue weighted by Crippen LogP contribution is -2.45. The molecule has 3 aromatic carbocycles. The number of hydrogen-bond donors (Lipinski definition) is 2. The summed E-state index contributed by atoms with van der Waals surface area (Å²) in [4.78, 5) is 24.6. The SMILES string of the molecule is Cc1cc(C)cc(-c2[nH]c3ccc(C(C)(C)C(=O)N4C5CCC4CC5)cc3c2[C@H](C)CNCCCc2cccc3ncccc23)c1. The highest BCUT2D eigenvalue weighted by Crippen LogP contribution is 2.43. The second kappa shape index (κ2) is 12.3. The van der Waals surface area contributed by atoms with Crippen molar-refractivity contribution in [3.05, 3.63) is 101 Å². The van der Waals surface area contributed by atoms with Crippen LogP contribution in [0.3, 0.4) is 0 Å². The summed E-state index contributed by atoms with van der Waals surface area (Å²) in [7, 11) is 0. The first-order chi connectivity index (χ1) is 22.2. The van der Waals surface area contributed by atoms with Gasteiger partial charge in [-0.25, -0.2) is 0 Å². The fourth-order valence-corrected chi connectivity index (χ4v) is 8.36. The van der Waals surface area contributed by atoms with Crippen molar-refractivity contribution < 1.29 is 4.79 Å². The van der Waals surface area contributed by atoms with Gasteiger partial charge in [0.2, 0.25) is 5.91 Å². The molecule has 2 aliphatic rings. The maximum absolute atomic E-state index is 14.1. The van der Waals surface area contributed by atoms with E-state index in [1.54, 1.807) is 0 Å². The van der Waals surface area contributed by atoms with Gasteiger partial charge < -0.3 is 15.2 Å². The standard InChI is InChI=1S/C41H48N4O/c1-26-21-27(2)23-30(22-26)39-38(28(3)25-42-19-7-10-29-9-6-12-36-34(29)11-8-20-43-36)35-24-31(13-18-37(35)44-39)41(4,5)40(46)45-32-14-15-33(45)17-16-32/h6,8-9,11-13,18,20-24,28,32-33,42,44H,7,10,14-17,19,25H2,1-5H3/t28-,32?,33?/m1/s1. The van der Waals surface area contributed by atoms with Gasteiger partial charge in [0.05, 0.1) is 16.6 Å². The fourth-order valence-electron chi connectivity index (χ4n) is 8.36. The first-order valence-corrected chi connectivity index (χ1v) is 17.3. The number of carbonyl (C=O) groups is 1. The Morgan fingerprint density at radius 2 is 1.70 bits per heavy atom. The Morgan fingerprint density at radius 3 is 2.43 bits per heavy atom. The summed E-state index contributed by atoms with van der Waals surface area (Å²) in [5.41, 5.74) is 10.4. The number of nitrogens with one attached hydrogen (secondary N) is 2. The van der Waals surface area contributed by atoms with Gasteiger partial charge >= 0.3 is 0 Å². The van der Waals surface area contributed by atoms with E-state index in [-0.39, 0.29) is 5.92 Å². The van der Waals surface area contributed by atoms with Crippen molar-refractivity contribution in [1.82, 2.24) is 20.2 Å². The third kappa shape index (κ3) is 5.64. The number of rotatable bonds is 10. The highest BCUT2D eigenvalue weighted by Gasteiger charge is 2.47. The monoisotopic (exact) mass is 612 g/mol. The van der Waals surface area contributed by atoms with Crippen LogP contribution in [0.4, 0.5) is 0 Å². The van der Waals surface area contributed by atoms with Crippen LogP contribution in [0.15, 0.2) is 72.9 Å². The molecule has 5 nitrogen and oxygen atoms in total. The van der Waals surface area contributed by atoms with Gasteiger partial charge in [0.1, 0.15) is 0 Å². The quantitative estimate of drug-likeness (QED) is 0.155. The maximum atomic E-state index is 14.1. The molecule has 0 saturated carbocycles. The van der Waals surface area contributed by atoms with Crippen molar-refractivity contribution in [3.63, 3.8) is 0 Å². The summed E-state index contributed by atoms with van der Waals surface area (Å²) in [5, 5.41) is 6.27. The summed E-state index contributed by atoms with van der Waals surface area (Å²) in [5.74, 6) is 0.565. The van der Waals surface area contributed by atoms with Crippen LogP contribution in [-0.4, -0.2) is 45.9 Å². The number of amides is 1. The molecular formula is C41H48N4O. The second-order valence-corrected chi connectivity index (χ2v) is 14.5. The molecule has 1 atom stereocenters. The van der Waals surface area contributed by atoms with Gasteiger partial charge in [-0.05, 0) is 137 Å². The summed E-state index contributed by atoms with van der Waals surface area (Å²) in [6.07, 6.45) is 8.61. The zero-order chi connectivity index (χ0) is 32.0. The van der Waals surface area contributed by atoms with E-state index in [1.807, 2.05) is 12.3 Å². The van der Waals surface area contributed by atoms with Gasteiger partial charge in [-0.15, -0.1) is 0 Å². The molecule has 7 rings (SSSR count). The minimum atomic E-state index is -0.577. The molecule has 46 heavy (non-hydrogen) atoms. The van der Waals surface area contributed by atoms with Crippen LogP contribution in [0.2, 0.25) is 0 Å². The number of hydrogen-bond acceptors (Lipinski definition) is 3. The van der Waals surface area contributed by atoms with E-state index in [0.29, 0.717) is 18.0 Å². The highest BCUT2D eigenvalue weighted by molar-refractivity contribution is 5.95. The molecular weight excluding hydrogens is 564 g/mol. The van der Waals surface area contributed by atoms with E-state index in [2.05, 4.69) is 115 Å². The molecule has 2 bridgehead atoms. The Kier molecular flexibility index (Phi) is 8.23. The largest absolute Gasteiger partial charge is 0.354 e. The van der Waals surface area contributed by atoms with Crippen LogP contribution >= 0.6 is 0 Å². The molecule has 238 valence electrons. The van der Waals surface area contributed by atoms with Crippen LogP contribution in [0.25, 0.3) is 33.1 Å². The summed E-state index contributed by atoms with van der Waals surface area (Å²) >= 11 is 0. The summed E-state index contributed by atoms with van der Waals surface area (Å²) in [6, 6.07) is 25.0. The number of nitrogens with zero attached hydrogens (tertiary/aromatic N) is 2. The number of aromatic amines is 1. The van der Waals surface area contributed by atoms with E-state index >= 15 is 0 Å². The van der Waals surface area contributed by atoms with E-state index in [4.69, 9.17) is 0 Å². The normalized spacial score (nSPS) is 18.6. The Bertz CT molecular complexity index is 1860. The molecule has 2 N–H and O–H groups in total. The Hall–Kier alpha value is -3.96. The van der Waals surface area contributed by atoms with Crippen molar-refractivity contribution in [1.29, 1.82) is 0 Å². The van der Waals surface area contributed by atoms with Gasteiger partial charge in [0, 0.05) is 41.1 Å². The Morgan fingerprint density at radius 1 is 0.957 bits per heavy atom. The highest BCUT2D eigenvalue weighted by atomic mass is 16.2. The van der Waals surface area contributed by atoms with Gasteiger partial charge in [-0.3, -0.25) is 9.78 Å². The second-order valence-electron chi connectivity index (χ2n) is 14.5. The van der Waals surface area contributed by atoms with E-state index in [9.17, 15) is 4.79 Å². The number of aryl methyl sites for hydroxylation is 3. The molecule has 1 amide bonds. The summed E-state index contributed by atoms with van der Waals surface area (Å²) < 4.78 is 0.